The van der Waals surface area contributed by atoms with Crippen molar-refractivity contribution in [1.82, 2.24) is 24.6 Å². The number of methoxy groups -OCH3 is 1. The van der Waals surface area contributed by atoms with Gasteiger partial charge in [0.25, 0.3) is 0 Å². The largest absolute Gasteiger partial charge is 0.495 e. The molecule has 5 rings (SSSR count). The van der Waals surface area contributed by atoms with Gasteiger partial charge >= 0.3 is 6.03 Å². The standard InChI is InChI=1S/C28H28ClIN6O2/c1-38-25-11-6-20(18-24(25)29)27-33-26(19-12-14-31-15-13-19)34-36(27)17-16-35(23-4-2-3-5-23)28(37)32-22-9-7-21(30)8-10-22/h6-15,18,23H,2-5,16-17H2,1H3,(H,32,37). The van der Waals surface area contributed by atoms with E-state index in [0.717, 1.165) is 46.1 Å². The topological polar surface area (TPSA) is 85.2 Å². The number of pyridine rings is 1. The number of hydrogen-bond acceptors (Lipinski definition) is 5. The predicted octanol–water partition coefficient (Wildman–Crippen LogP) is 6.75. The van der Waals surface area contributed by atoms with Gasteiger partial charge in [0.05, 0.1) is 18.7 Å². The van der Waals surface area contributed by atoms with Gasteiger partial charge in [-0.2, -0.15) is 5.10 Å². The van der Waals surface area contributed by atoms with Gasteiger partial charge in [-0.05, 0) is 90.0 Å². The summed E-state index contributed by atoms with van der Waals surface area (Å²) in [7, 11) is 1.59. The highest BCUT2D eigenvalue weighted by atomic mass is 127. The molecule has 1 N–H and O–H groups in total. The van der Waals surface area contributed by atoms with Crippen LogP contribution in [0.1, 0.15) is 25.7 Å². The second-order valence-electron chi connectivity index (χ2n) is 9.14. The van der Waals surface area contributed by atoms with Crippen LogP contribution in [0.15, 0.2) is 67.0 Å². The van der Waals surface area contributed by atoms with Crippen LogP contribution in [0, 0.1) is 3.57 Å². The lowest BCUT2D eigenvalue weighted by atomic mass is 10.2. The summed E-state index contributed by atoms with van der Waals surface area (Å²) in [4.78, 5) is 24.3. The highest BCUT2D eigenvalue weighted by molar-refractivity contribution is 14.1. The van der Waals surface area contributed by atoms with Crippen LogP contribution in [-0.2, 0) is 6.54 Å². The predicted molar refractivity (Wildman–Crippen MR) is 157 cm³/mol. The summed E-state index contributed by atoms with van der Waals surface area (Å²) in [5.41, 5.74) is 2.47. The lowest BCUT2D eigenvalue weighted by Crippen LogP contribution is -2.43. The molecule has 1 fully saturated rings. The van der Waals surface area contributed by atoms with Crippen LogP contribution in [0.3, 0.4) is 0 Å². The minimum absolute atomic E-state index is 0.0957. The first-order valence-corrected chi connectivity index (χ1v) is 14.0. The van der Waals surface area contributed by atoms with Crippen molar-refractivity contribution in [3.05, 3.63) is 75.6 Å². The van der Waals surface area contributed by atoms with E-state index in [4.69, 9.17) is 26.4 Å². The van der Waals surface area contributed by atoms with Crippen LogP contribution >= 0.6 is 34.2 Å². The van der Waals surface area contributed by atoms with Crippen molar-refractivity contribution in [1.29, 1.82) is 0 Å². The molecule has 0 spiro atoms. The van der Waals surface area contributed by atoms with Gasteiger partial charge in [-0.25, -0.2) is 14.5 Å². The second kappa shape index (κ2) is 12.1. The van der Waals surface area contributed by atoms with Crippen LogP contribution < -0.4 is 10.1 Å². The fourth-order valence-electron chi connectivity index (χ4n) is 4.74. The highest BCUT2D eigenvalue weighted by Crippen LogP contribution is 2.31. The van der Waals surface area contributed by atoms with Crippen LogP contribution in [0.5, 0.6) is 5.75 Å². The summed E-state index contributed by atoms with van der Waals surface area (Å²) in [5.74, 6) is 1.85. The number of benzene rings is 2. The number of hydrogen-bond donors (Lipinski definition) is 1. The first-order valence-electron chi connectivity index (χ1n) is 12.5. The Hall–Kier alpha value is -3.18. The number of carbonyl (C=O) groups is 1. The molecule has 1 saturated carbocycles. The van der Waals surface area contributed by atoms with E-state index in [-0.39, 0.29) is 12.1 Å². The Morgan fingerprint density at radius 1 is 1.11 bits per heavy atom. The molecular weight excluding hydrogens is 615 g/mol. The number of anilines is 1. The highest BCUT2D eigenvalue weighted by Gasteiger charge is 2.27. The monoisotopic (exact) mass is 642 g/mol. The Morgan fingerprint density at radius 2 is 1.84 bits per heavy atom. The minimum Gasteiger partial charge on any atom is -0.495 e. The van der Waals surface area contributed by atoms with Crippen molar-refractivity contribution in [3.63, 3.8) is 0 Å². The average molecular weight is 643 g/mol. The molecule has 2 heterocycles. The summed E-state index contributed by atoms with van der Waals surface area (Å²) < 4.78 is 8.30. The minimum atomic E-state index is -0.0957. The second-order valence-corrected chi connectivity index (χ2v) is 10.8. The molecule has 0 unspecified atom stereocenters. The van der Waals surface area contributed by atoms with Gasteiger partial charge in [0, 0.05) is 45.4 Å². The third-order valence-corrected chi connectivity index (χ3v) is 7.71. The van der Waals surface area contributed by atoms with Gasteiger partial charge in [0.1, 0.15) is 5.75 Å². The molecule has 0 aliphatic heterocycles. The molecule has 38 heavy (non-hydrogen) atoms. The maximum atomic E-state index is 13.4. The van der Waals surface area contributed by atoms with E-state index >= 15 is 0 Å². The number of halogens is 2. The van der Waals surface area contributed by atoms with Crippen molar-refractivity contribution < 1.29 is 9.53 Å². The number of amides is 2. The van der Waals surface area contributed by atoms with Gasteiger partial charge in [-0.15, -0.1) is 0 Å². The molecule has 4 aromatic rings. The first-order chi connectivity index (χ1) is 18.5. The Bertz CT molecular complexity index is 1390. The molecule has 0 bridgehead atoms. The van der Waals surface area contributed by atoms with Gasteiger partial charge in [-0.3, -0.25) is 4.98 Å². The van der Waals surface area contributed by atoms with E-state index in [0.29, 0.717) is 35.5 Å². The summed E-state index contributed by atoms with van der Waals surface area (Å²) in [6.45, 7) is 0.977. The average Bonchev–Trinajstić information content (AvgIpc) is 3.62. The van der Waals surface area contributed by atoms with Crippen molar-refractivity contribution in [2.24, 2.45) is 0 Å². The first kappa shape index (κ1) is 26.4. The SMILES string of the molecule is COc1ccc(-c2nc(-c3ccncc3)nn2CCN(C(=O)Nc2ccc(I)cc2)C2CCCC2)cc1Cl. The number of nitrogens with one attached hydrogen (secondary N) is 1. The van der Waals surface area contributed by atoms with Crippen LogP contribution in [-0.4, -0.2) is 50.4 Å². The molecule has 0 saturated heterocycles. The zero-order chi connectivity index (χ0) is 26.5. The number of rotatable bonds is 8. The Morgan fingerprint density at radius 3 is 2.53 bits per heavy atom. The zero-order valence-corrected chi connectivity index (χ0v) is 23.9. The van der Waals surface area contributed by atoms with Gasteiger partial charge in [0.2, 0.25) is 0 Å². The van der Waals surface area contributed by atoms with Crippen molar-refractivity contribution in [2.45, 2.75) is 38.3 Å². The van der Waals surface area contributed by atoms with E-state index < -0.39 is 0 Å². The number of aromatic nitrogens is 4. The van der Waals surface area contributed by atoms with E-state index in [2.05, 4.69) is 32.9 Å². The summed E-state index contributed by atoms with van der Waals surface area (Å²) in [6, 6.07) is 17.2. The summed E-state index contributed by atoms with van der Waals surface area (Å²) in [6.07, 6.45) is 7.70. The van der Waals surface area contributed by atoms with E-state index in [1.807, 2.05) is 64.2 Å². The molecular formula is C28H28ClIN6O2. The third-order valence-electron chi connectivity index (χ3n) is 6.69. The quantitative estimate of drug-likeness (QED) is 0.215. The van der Waals surface area contributed by atoms with Gasteiger partial charge in [0.15, 0.2) is 11.6 Å². The Kier molecular flexibility index (Phi) is 8.43. The fraction of sp³-hybridized carbons (Fsp3) is 0.286. The van der Waals surface area contributed by atoms with Crippen LogP contribution in [0.4, 0.5) is 10.5 Å². The van der Waals surface area contributed by atoms with Crippen molar-refractivity contribution in [2.75, 3.05) is 19.0 Å². The maximum absolute atomic E-state index is 13.4. The molecule has 10 heteroatoms. The molecule has 8 nitrogen and oxygen atoms in total. The van der Waals surface area contributed by atoms with E-state index in [1.54, 1.807) is 19.5 Å². The zero-order valence-electron chi connectivity index (χ0n) is 21.0. The maximum Gasteiger partial charge on any atom is 0.322 e. The van der Waals surface area contributed by atoms with Gasteiger partial charge in [-0.1, -0.05) is 24.4 Å². The summed E-state index contributed by atoms with van der Waals surface area (Å²) in [5, 5.41) is 8.40. The van der Waals surface area contributed by atoms with E-state index in [9.17, 15) is 4.79 Å². The Balaban J connectivity index is 1.43. The molecule has 196 valence electrons. The van der Waals surface area contributed by atoms with Crippen LogP contribution in [0.2, 0.25) is 5.02 Å². The fourth-order valence-corrected chi connectivity index (χ4v) is 5.35. The van der Waals surface area contributed by atoms with Gasteiger partial charge < -0.3 is 15.0 Å². The van der Waals surface area contributed by atoms with E-state index in [1.165, 1.54) is 0 Å². The number of ether oxygens (including phenoxy) is 1. The molecule has 2 aromatic carbocycles. The third kappa shape index (κ3) is 6.10. The molecule has 2 amide bonds. The molecule has 1 aliphatic carbocycles. The number of nitrogens with zero attached hydrogens (tertiary/aromatic N) is 5. The lowest BCUT2D eigenvalue weighted by Gasteiger charge is -2.29. The molecule has 1 aliphatic rings. The number of urea groups is 1. The van der Waals surface area contributed by atoms with Crippen molar-refractivity contribution in [3.8, 4) is 28.5 Å². The molecule has 2 aromatic heterocycles. The molecule has 0 radical (unpaired) electrons. The molecule has 0 atom stereocenters. The normalized spacial score (nSPS) is 13.4. The number of carbonyl (C=O) groups excluding carboxylic acids is 1. The van der Waals surface area contributed by atoms with Crippen molar-refractivity contribution >= 4 is 45.9 Å². The summed E-state index contributed by atoms with van der Waals surface area (Å²) >= 11 is 8.70. The van der Waals surface area contributed by atoms with Crippen LogP contribution in [0.25, 0.3) is 22.8 Å². The smallest absolute Gasteiger partial charge is 0.322 e. The lowest BCUT2D eigenvalue weighted by molar-refractivity contribution is 0.184. The Labute approximate surface area is 240 Å².